The number of phenols is 3. The maximum absolute atomic E-state index is 9.26. The summed E-state index contributed by atoms with van der Waals surface area (Å²) in [6.07, 6.45) is 0. The minimum atomic E-state index is -0.523. The molecule has 4 nitrogen and oxygen atoms in total. The number of rotatable bonds is 1. The zero-order valence-electron chi connectivity index (χ0n) is 7.06. The minimum absolute atomic E-state index is 0. The third-order valence-electron chi connectivity index (χ3n) is 1.65. The van der Waals surface area contributed by atoms with Crippen molar-refractivity contribution in [2.24, 2.45) is 5.73 Å². The number of phenolic OH excluding ortho intramolecular Hbond substituents is 3. The van der Waals surface area contributed by atoms with Crippen LogP contribution in [-0.4, -0.2) is 15.3 Å². The highest BCUT2D eigenvalue weighted by Gasteiger charge is 2.12. The van der Waals surface area contributed by atoms with Gasteiger partial charge in [-0.05, 0) is 19.1 Å². The van der Waals surface area contributed by atoms with E-state index >= 15 is 0 Å². The molecule has 5 N–H and O–H groups in total. The van der Waals surface area contributed by atoms with Crippen LogP contribution in [0.1, 0.15) is 18.5 Å². The Bertz CT molecular complexity index is 302. The molecule has 74 valence electrons. The van der Waals surface area contributed by atoms with Gasteiger partial charge in [0.2, 0.25) is 5.75 Å². The predicted molar refractivity (Wildman–Crippen MR) is 51.3 cm³/mol. The van der Waals surface area contributed by atoms with E-state index in [4.69, 9.17) is 15.9 Å². The first-order valence-corrected chi connectivity index (χ1v) is 3.53. The Kier molecular flexibility index (Phi) is 3.84. The molecule has 0 radical (unpaired) electrons. The molecule has 0 unspecified atom stereocenters. The van der Waals surface area contributed by atoms with E-state index in [2.05, 4.69) is 0 Å². The van der Waals surface area contributed by atoms with Crippen molar-refractivity contribution in [2.45, 2.75) is 13.0 Å². The molecule has 0 fully saturated rings. The van der Waals surface area contributed by atoms with E-state index in [0.717, 1.165) is 0 Å². The van der Waals surface area contributed by atoms with Gasteiger partial charge in [-0.2, -0.15) is 0 Å². The van der Waals surface area contributed by atoms with Crippen molar-refractivity contribution in [3.8, 4) is 17.2 Å². The van der Waals surface area contributed by atoms with Crippen LogP contribution >= 0.6 is 12.4 Å². The van der Waals surface area contributed by atoms with Crippen LogP contribution in [0.2, 0.25) is 0 Å². The van der Waals surface area contributed by atoms with Crippen LogP contribution in [0.15, 0.2) is 12.1 Å². The largest absolute Gasteiger partial charge is 0.504 e. The average molecular weight is 206 g/mol. The second-order valence-electron chi connectivity index (χ2n) is 2.66. The molecule has 0 saturated heterocycles. The summed E-state index contributed by atoms with van der Waals surface area (Å²) in [4.78, 5) is 0. The Labute approximate surface area is 82.0 Å². The van der Waals surface area contributed by atoms with Gasteiger partial charge >= 0.3 is 0 Å². The fraction of sp³-hybridized carbons (Fsp3) is 0.250. The summed E-state index contributed by atoms with van der Waals surface area (Å²) in [5.41, 5.74) is 5.89. The molecule has 13 heavy (non-hydrogen) atoms. The molecule has 5 heteroatoms. The molecule has 0 spiro atoms. The zero-order valence-corrected chi connectivity index (χ0v) is 7.88. The molecule has 1 aromatic carbocycles. The molecule has 0 aliphatic rings. The van der Waals surface area contributed by atoms with Crippen molar-refractivity contribution in [3.63, 3.8) is 0 Å². The molecule has 0 aliphatic heterocycles. The molecule has 0 amide bonds. The summed E-state index contributed by atoms with van der Waals surface area (Å²) in [5, 5.41) is 27.3. The standard InChI is InChI=1S/C8H11NO3.ClH/c1-4(9)5-2-3-6(10)8(12)7(5)11;/h2-4,10-12H,9H2,1H3;1H/t4-;/m1./s1. The first kappa shape index (κ1) is 11.9. The fourth-order valence-corrected chi connectivity index (χ4v) is 0.952. The molecule has 0 heterocycles. The third-order valence-corrected chi connectivity index (χ3v) is 1.65. The lowest BCUT2D eigenvalue weighted by molar-refractivity contribution is 0.363. The lowest BCUT2D eigenvalue weighted by Crippen LogP contribution is -2.04. The van der Waals surface area contributed by atoms with Crippen LogP contribution in [0.4, 0.5) is 0 Å². The minimum Gasteiger partial charge on any atom is -0.504 e. The van der Waals surface area contributed by atoms with Gasteiger partial charge in [-0.25, -0.2) is 0 Å². The van der Waals surface area contributed by atoms with Crippen molar-refractivity contribution in [3.05, 3.63) is 17.7 Å². The normalized spacial score (nSPS) is 11.8. The Morgan fingerprint density at radius 3 is 2.15 bits per heavy atom. The van der Waals surface area contributed by atoms with E-state index in [1.165, 1.54) is 12.1 Å². The average Bonchev–Trinajstić information content (AvgIpc) is 2.00. The Hall–Kier alpha value is -1.13. The van der Waals surface area contributed by atoms with Crippen molar-refractivity contribution in [1.82, 2.24) is 0 Å². The Morgan fingerprint density at radius 1 is 1.15 bits per heavy atom. The summed E-state index contributed by atoms with van der Waals surface area (Å²) in [5.74, 6) is -1.23. The lowest BCUT2D eigenvalue weighted by atomic mass is 10.1. The van der Waals surface area contributed by atoms with Gasteiger partial charge in [0.05, 0.1) is 0 Å². The summed E-state index contributed by atoms with van der Waals surface area (Å²) in [6.45, 7) is 1.67. The third kappa shape index (κ3) is 2.17. The molecule has 0 aliphatic carbocycles. The van der Waals surface area contributed by atoms with Crippen molar-refractivity contribution >= 4 is 12.4 Å². The molecular weight excluding hydrogens is 194 g/mol. The number of aromatic hydroxyl groups is 3. The SMILES string of the molecule is C[C@@H](N)c1ccc(O)c(O)c1O.Cl. The van der Waals surface area contributed by atoms with Gasteiger partial charge in [0.1, 0.15) is 0 Å². The number of hydrogen-bond donors (Lipinski definition) is 4. The van der Waals surface area contributed by atoms with E-state index in [1.807, 2.05) is 0 Å². The van der Waals surface area contributed by atoms with Gasteiger partial charge in [-0.1, -0.05) is 0 Å². The smallest absolute Gasteiger partial charge is 0.200 e. The van der Waals surface area contributed by atoms with Gasteiger partial charge < -0.3 is 21.1 Å². The van der Waals surface area contributed by atoms with Gasteiger partial charge in [0.15, 0.2) is 11.5 Å². The first-order chi connectivity index (χ1) is 5.54. The van der Waals surface area contributed by atoms with Crippen LogP contribution in [-0.2, 0) is 0 Å². The summed E-state index contributed by atoms with van der Waals surface area (Å²) in [6, 6.07) is 2.37. The number of halogens is 1. The molecule has 1 rings (SSSR count). The Balaban J connectivity index is 0.00000144. The molecular formula is C8H12ClNO3. The maximum atomic E-state index is 9.26. The number of hydrogen-bond acceptors (Lipinski definition) is 4. The molecule has 0 bridgehead atoms. The highest BCUT2D eigenvalue weighted by molar-refractivity contribution is 5.85. The van der Waals surface area contributed by atoms with Crippen LogP contribution in [0.25, 0.3) is 0 Å². The van der Waals surface area contributed by atoms with E-state index in [9.17, 15) is 5.11 Å². The highest BCUT2D eigenvalue weighted by Crippen LogP contribution is 2.38. The van der Waals surface area contributed by atoms with Gasteiger partial charge in [0, 0.05) is 11.6 Å². The van der Waals surface area contributed by atoms with Crippen LogP contribution in [0.5, 0.6) is 17.2 Å². The molecule has 1 aromatic rings. The maximum Gasteiger partial charge on any atom is 0.200 e. The van der Waals surface area contributed by atoms with Crippen LogP contribution < -0.4 is 5.73 Å². The monoisotopic (exact) mass is 205 g/mol. The quantitative estimate of drug-likeness (QED) is 0.520. The summed E-state index contributed by atoms with van der Waals surface area (Å²) < 4.78 is 0. The van der Waals surface area contributed by atoms with E-state index < -0.39 is 5.75 Å². The van der Waals surface area contributed by atoms with Gasteiger partial charge in [0.25, 0.3) is 0 Å². The summed E-state index contributed by atoms with van der Waals surface area (Å²) >= 11 is 0. The zero-order chi connectivity index (χ0) is 9.30. The molecule has 1 atom stereocenters. The van der Waals surface area contributed by atoms with Crippen molar-refractivity contribution < 1.29 is 15.3 Å². The predicted octanol–water partition coefficient (Wildman–Crippen LogP) is 1.24. The first-order valence-electron chi connectivity index (χ1n) is 3.53. The van der Waals surface area contributed by atoms with Crippen molar-refractivity contribution in [1.29, 1.82) is 0 Å². The fourth-order valence-electron chi connectivity index (χ4n) is 0.952. The van der Waals surface area contributed by atoms with E-state index in [1.54, 1.807) is 6.92 Å². The summed E-state index contributed by atoms with van der Waals surface area (Å²) in [7, 11) is 0. The molecule has 0 aromatic heterocycles. The lowest BCUT2D eigenvalue weighted by Gasteiger charge is -2.09. The number of benzene rings is 1. The van der Waals surface area contributed by atoms with Crippen LogP contribution in [0, 0.1) is 0 Å². The van der Waals surface area contributed by atoms with Gasteiger partial charge in [-0.15, -0.1) is 12.4 Å². The highest BCUT2D eigenvalue weighted by atomic mass is 35.5. The second kappa shape index (κ2) is 4.20. The Morgan fingerprint density at radius 2 is 1.69 bits per heavy atom. The molecule has 0 saturated carbocycles. The van der Waals surface area contributed by atoms with E-state index in [0.29, 0.717) is 5.56 Å². The number of nitrogens with two attached hydrogens (primary N) is 1. The topological polar surface area (TPSA) is 86.7 Å². The van der Waals surface area contributed by atoms with E-state index in [-0.39, 0.29) is 29.9 Å². The van der Waals surface area contributed by atoms with Gasteiger partial charge in [-0.3, -0.25) is 0 Å². The second-order valence-corrected chi connectivity index (χ2v) is 2.66. The van der Waals surface area contributed by atoms with Crippen LogP contribution in [0.3, 0.4) is 0 Å². The van der Waals surface area contributed by atoms with Crippen molar-refractivity contribution in [2.75, 3.05) is 0 Å².